The molecule has 0 aromatic heterocycles. The van der Waals surface area contributed by atoms with E-state index in [-0.39, 0.29) is 44.5 Å². The number of carbonyl (C=O) groups excluding carboxylic acids is 1. The van der Waals surface area contributed by atoms with E-state index in [9.17, 15) is 4.79 Å². The number of amides is 1. The monoisotopic (exact) mass is 492 g/mol. The van der Waals surface area contributed by atoms with E-state index in [1.165, 1.54) is 12.8 Å². The number of hydrogen-bond acceptors (Lipinski definition) is 2. The van der Waals surface area contributed by atoms with Crippen molar-refractivity contribution in [2.45, 2.75) is 25.8 Å². The normalized spacial score (nSPS) is 18.9. The van der Waals surface area contributed by atoms with Crippen LogP contribution in [-0.2, 0) is 44.0 Å². The Labute approximate surface area is 216 Å². The summed E-state index contributed by atoms with van der Waals surface area (Å²) in [5.74, 6) is 0.869. The number of rotatable bonds is 7. The summed E-state index contributed by atoms with van der Waals surface area (Å²) in [6.45, 7) is 0.700. The van der Waals surface area contributed by atoms with Gasteiger partial charge in [-0.1, -0.05) is 53.1 Å². The SMILES string of the molecule is [B]C1=C2C=C(c3[c-]cccc3)C=C(NCc3ccc(NC(=O)CC4CC4)cc3)C2C=C1.[Y]. The number of nitrogens with one attached hydrogen (secondary N) is 2. The maximum Gasteiger partial charge on any atom is 0.224 e. The third kappa shape index (κ3) is 5.42. The Hall–Kier alpha value is -2.16. The van der Waals surface area contributed by atoms with Crippen molar-refractivity contribution in [1.29, 1.82) is 0 Å². The van der Waals surface area contributed by atoms with Crippen LogP contribution in [0.3, 0.4) is 0 Å². The van der Waals surface area contributed by atoms with Gasteiger partial charge >= 0.3 is 0 Å². The van der Waals surface area contributed by atoms with E-state index in [1.807, 2.05) is 36.4 Å². The first kappa shape index (κ1) is 23.0. The molecule has 0 bridgehead atoms. The van der Waals surface area contributed by atoms with Gasteiger partial charge in [0.25, 0.3) is 0 Å². The second-order valence-corrected chi connectivity index (χ2v) is 8.47. The second kappa shape index (κ2) is 10.2. The molecule has 3 aliphatic carbocycles. The second-order valence-electron chi connectivity index (χ2n) is 8.47. The van der Waals surface area contributed by atoms with Crippen LogP contribution in [-0.4, -0.2) is 13.8 Å². The van der Waals surface area contributed by atoms with Crippen LogP contribution in [0.5, 0.6) is 0 Å². The van der Waals surface area contributed by atoms with Crippen LogP contribution in [0.2, 0.25) is 0 Å². The van der Waals surface area contributed by atoms with Gasteiger partial charge in [-0.15, -0.1) is 35.9 Å². The zero-order chi connectivity index (χ0) is 21.2. The van der Waals surface area contributed by atoms with E-state index in [1.54, 1.807) is 0 Å². The Morgan fingerprint density at radius 2 is 1.91 bits per heavy atom. The predicted octanol–water partition coefficient (Wildman–Crippen LogP) is 4.90. The largest absolute Gasteiger partial charge is 0.384 e. The summed E-state index contributed by atoms with van der Waals surface area (Å²) in [5.41, 5.74) is 7.25. The standard InChI is InChI=1S/C27H24BN2O.Y/c28-25-13-12-23-24(25)15-21(20-4-2-1-3-5-20)16-26(23)29-17-19-8-10-22(11-9-19)30-27(31)14-18-6-7-18;/h1-4,8-13,15-16,18,23,29H,6-7,14,17H2,(H,30,31);/q-1;. The van der Waals surface area contributed by atoms with Gasteiger partial charge in [-0.25, -0.2) is 0 Å². The molecule has 2 aromatic rings. The molecule has 1 fully saturated rings. The average Bonchev–Trinajstić information content (AvgIpc) is 3.53. The zero-order valence-corrected chi connectivity index (χ0v) is 20.8. The molecule has 0 aliphatic heterocycles. The number of benzene rings is 2. The predicted molar refractivity (Wildman–Crippen MR) is 126 cm³/mol. The van der Waals surface area contributed by atoms with Gasteiger partial charge in [-0.2, -0.15) is 0 Å². The summed E-state index contributed by atoms with van der Waals surface area (Å²) in [7, 11) is 6.24. The zero-order valence-electron chi connectivity index (χ0n) is 18.0. The topological polar surface area (TPSA) is 41.1 Å². The third-order valence-corrected chi connectivity index (χ3v) is 6.02. The molecule has 155 valence electrons. The average molecular weight is 492 g/mol. The van der Waals surface area contributed by atoms with Crippen molar-refractivity contribution in [2.75, 3.05) is 5.32 Å². The van der Waals surface area contributed by atoms with Gasteiger partial charge < -0.3 is 10.6 Å². The van der Waals surface area contributed by atoms with E-state index >= 15 is 0 Å². The quantitative estimate of drug-likeness (QED) is 0.427. The molecule has 2 aromatic carbocycles. The number of anilines is 1. The van der Waals surface area contributed by atoms with Crippen molar-refractivity contribution < 1.29 is 37.5 Å². The van der Waals surface area contributed by atoms with E-state index in [4.69, 9.17) is 7.85 Å². The van der Waals surface area contributed by atoms with Crippen LogP contribution in [0.4, 0.5) is 5.69 Å². The summed E-state index contributed by atoms with van der Waals surface area (Å²) in [6.07, 6.45) is 11.5. The fourth-order valence-corrected chi connectivity index (χ4v) is 4.09. The van der Waals surface area contributed by atoms with Crippen molar-refractivity contribution in [1.82, 2.24) is 5.32 Å². The van der Waals surface area contributed by atoms with E-state index < -0.39 is 0 Å². The molecule has 0 spiro atoms. The Bertz CT molecular complexity index is 1110. The Morgan fingerprint density at radius 3 is 2.62 bits per heavy atom. The summed E-state index contributed by atoms with van der Waals surface area (Å²) in [6, 6.07) is 19.4. The minimum atomic E-state index is 0. The third-order valence-electron chi connectivity index (χ3n) is 6.02. The summed E-state index contributed by atoms with van der Waals surface area (Å²) in [5, 5.41) is 6.60. The Morgan fingerprint density at radius 1 is 1.09 bits per heavy atom. The van der Waals surface area contributed by atoms with E-state index in [0.29, 0.717) is 18.9 Å². The molecule has 2 N–H and O–H groups in total. The minimum Gasteiger partial charge on any atom is -0.384 e. The molecule has 32 heavy (non-hydrogen) atoms. The van der Waals surface area contributed by atoms with Crippen LogP contribution in [0.25, 0.3) is 5.57 Å². The fraction of sp³-hybridized carbons (Fsp3) is 0.222. The first-order valence-electron chi connectivity index (χ1n) is 10.9. The molecule has 3 aliphatic rings. The van der Waals surface area contributed by atoms with Gasteiger partial charge in [-0.3, -0.25) is 4.79 Å². The summed E-state index contributed by atoms with van der Waals surface area (Å²) < 4.78 is 0. The number of hydrogen-bond donors (Lipinski definition) is 2. The Balaban J connectivity index is 0.00000245. The molecule has 3 radical (unpaired) electrons. The number of fused-ring (bicyclic) bond motifs is 1. The molecule has 0 heterocycles. The molecule has 1 saturated carbocycles. The van der Waals surface area contributed by atoms with Crippen LogP contribution in [0.1, 0.15) is 30.4 Å². The van der Waals surface area contributed by atoms with Crippen molar-refractivity contribution in [3.63, 3.8) is 0 Å². The number of allylic oxidation sites excluding steroid dienone is 6. The molecule has 5 heteroatoms. The van der Waals surface area contributed by atoms with Crippen LogP contribution < -0.4 is 10.6 Å². The molecule has 1 unspecified atom stereocenters. The van der Waals surface area contributed by atoms with Crippen molar-refractivity contribution >= 4 is 25.0 Å². The Kier molecular flexibility index (Phi) is 7.33. The minimum absolute atomic E-state index is 0. The van der Waals surface area contributed by atoms with Crippen LogP contribution in [0.15, 0.2) is 89.6 Å². The molecular weight excluding hydrogens is 468 g/mol. The molecule has 1 amide bonds. The molecule has 1 atom stereocenters. The van der Waals surface area contributed by atoms with Crippen molar-refractivity contribution in [3.8, 4) is 0 Å². The van der Waals surface area contributed by atoms with Crippen molar-refractivity contribution in [3.05, 3.63) is 107 Å². The first-order chi connectivity index (χ1) is 15.2. The summed E-state index contributed by atoms with van der Waals surface area (Å²) in [4.78, 5) is 12.0. The molecule has 5 rings (SSSR count). The van der Waals surface area contributed by atoms with E-state index in [2.05, 4.69) is 53.1 Å². The van der Waals surface area contributed by atoms with Gasteiger partial charge in [0.15, 0.2) is 0 Å². The number of carbonyl (C=O) groups is 1. The van der Waals surface area contributed by atoms with Gasteiger partial charge in [0.05, 0.1) is 0 Å². The van der Waals surface area contributed by atoms with Crippen LogP contribution in [0, 0.1) is 17.9 Å². The maximum atomic E-state index is 12.0. The first-order valence-corrected chi connectivity index (χ1v) is 10.9. The molecule has 3 nitrogen and oxygen atoms in total. The van der Waals surface area contributed by atoms with E-state index in [0.717, 1.165) is 39.1 Å². The van der Waals surface area contributed by atoms with Gasteiger partial charge in [0, 0.05) is 63.0 Å². The fourth-order valence-electron chi connectivity index (χ4n) is 4.09. The van der Waals surface area contributed by atoms with Gasteiger partial charge in [-0.05, 0) is 36.5 Å². The molecular formula is C27H24BN2OY-. The molecule has 0 saturated heterocycles. The smallest absolute Gasteiger partial charge is 0.224 e. The maximum absolute atomic E-state index is 12.0. The van der Waals surface area contributed by atoms with Crippen molar-refractivity contribution in [2.24, 2.45) is 11.8 Å². The van der Waals surface area contributed by atoms with Gasteiger partial charge in [0.1, 0.15) is 7.85 Å². The summed E-state index contributed by atoms with van der Waals surface area (Å²) >= 11 is 0. The van der Waals surface area contributed by atoms with Crippen LogP contribution >= 0.6 is 0 Å². The van der Waals surface area contributed by atoms with Gasteiger partial charge in [0.2, 0.25) is 5.91 Å².